The van der Waals surface area contributed by atoms with Gasteiger partial charge in [-0.2, -0.15) is 8.42 Å². The minimum Gasteiger partial charge on any atom is -0.301 e. The summed E-state index contributed by atoms with van der Waals surface area (Å²) >= 11 is 3.37. The first-order valence-electron chi connectivity index (χ1n) is 6.07. The van der Waals surface area contributed by atoms with Gasteiger partial charge in [0.15, 0.2) is 4.34 Å². The van der Waals surface area contributed by atoms with Crippen molar-refractivity contribution in [3.05, 3.63) is 0 Å². The monoisotopic (exact) mass is 380 g/mol. The number of carbonyl (C=O) groups is 1. The summed E-state index contributed by atoms with van der Waals surface area (Å²) in [6.07, 6.45) is 0.266. The van der Waals surface area contributed by atoms with E-state index in [2.05, 4.69) is 30.4 Å². The molecule has 0 radical (unpaired) electrons. The molecule has 0 atom stereocenters. The summed E-state index contributed by atoms with van der Waals surface area (Å²) in [5.74, 6) is 0.552. The Labute approximate surface area is 139 Å². The van der Waals surface area contributed by atoms with Gasteiger partial charge in [0.25, 0.3) is 14.4 Å². The van der Waals surface area contributed by atoms with Crippen LogP contribution in [0.3, 0.4) is 0 Å². The highest BCUT2D eigenvalue weighted by atomic mass is 32.2. The second kappa shape index (κ2) is 7.30. The smallest absolute Gasteiger partial charge is 0.293 e. The van der Waals surface area contributed by atoms with E-state index in [1.54, 1.807) is 6.92 Å². The summed E-state index contributed by atoms with van der Waals surface area (Å²) in [4.78, 5) is 11.2. The number of aromatic nitrogens is 4. The van der Waals surface area contributed by atoms with E-state index in [0.717, 1.165) is 28.4 Å². The van der Waals surface area contributed by atoms with Crippen LogP contribution in [0.4, 0.5) is 10.3 Å². The zero-order valence-corrected chi connectivity index (χ0v) is 14.8. The van der Waals surface area contributed by atoms with Crippen LogP contribution >= 0.6 is 34.4 Å². The van der Waals surface area contributed by atoms with Crippen molar-refractivity contribution in [3.63, 3.8) is 0 Å². The number of nitrogens with one attached hydrogen (secondary N) is 2. The molecule has 0 aliphatic heterocycles. The summed E-state index contributed by atoms with van der Waals surface area (Å²) in [6.45, 7) is 3.64. The van der Waals surface area contributed by atoms with Crippen molar-refractivity contribution in [2.24, 2.45) is 0 Å². The lowest BCUT2D eigenvalue weighted by Gasteiger charge is -1.99. The quantitative estimate of drug-likeness (QED) is 0.548. The molecule has 1 amide bonds. The zero-order valence-electron chi connectivity index (χ0n) is 11.6. The van der Waals surface area contributed by atoms with Crippen molar-refractivity contribution < 1.29 is 13.2 Å². The molecule has 22 heavy (non-hydrogen) atoms. The van der Waals surface area contributed by atoms with Crippen molar-refractivity contribution in [2.45, 2.75) is 28.9 Å². The molecule has 2 N–H and O–H groups in total. The molecule has 13 heteroatoms. The fourth-order valence-corrected chi connectivity index (χ4v) is 4.96. The van der Waals surface area contributed by atoms with Crippen LogP contribution in [0.15, 0.2) is 8.68 Å². The van der Waals surface area contributed by atoms with Crippen LogP contribution in [-0.4, -0.2) is 40.5 Å². The van der Waals surface area contributed by atoms with Crippen LogP contribution in [-0.2, 0) is 14.8 Å². The molecule has 120 valence electrons. The average Bonchev–Trinajstić information content (AvgIpc) is 3.09. The lowest BCUT2D eigenvalue weighted by molar-refractivity contribution is -0.115. The van der Waals surface area contributed by atoms with Gasteiger partial charge in [0.2, 0.25) is 16.2 Å². The number of hydrogen-bond donors (Lipinski definition) is 2. The van der Waals surface area contributed by atoms with E-state index in [1.807, 2.05) is 6.92 Å². The number of rotatable bonds is 7. The van der Waals surface area contributed by atoms with Gasteiger partial charge in [-0.25, -0.2) is 0 Å². The molecule has 0 fully saturated rings. The second-order valence-electron chi connectivity index (χ2n) is 3.69. The molecule has 0 unspecified atom stereocenters. The van der Waals surface area contributed by atoms with Gasteiger partial charge >= 0.3 is 0 Å². The Morgan fingerprint density at radius 1 is 1.14 bits per heavy atom. The summed E-state index contributed by atoms with van der Waals surface area (Å²) in [6, 6.07) is 0. The summed E-state index contributed by atoms with van der Waals surface area (Å²) < 4.78 is 27.0. The van der Waals surface area contributed by atoms with E-state index in [0.29, 0.717) is 4.34 Å². The van der Waals surface area contributed by atoms with E-state index in [-0.39, 0.29) is 26.9 Å². The Morgan fingerprint density at radius 2 is 1.86 bits per heavy atom. The Balaban J connectivity index is 2.10. The average molecular weight is 381 g/mol. The molecule has 2 rings (SSSR count). The Bertz CT molecular complexity index is 755. The largest absolute Gasteiger partial charge is 0.301 e. The topological polar surface area (TPSA) is 127 Å². The Hall–Kier alpha value is -1.31. The van der Waals surface area contributed by atoms with E-state index in [1.165, 1.54) is 11.8 Å². The van der Waals surface area contributed by atoms with E-state index in [4.69, 9.17) is 0 Å². The molecule has 2 aromatic heterocycles. The van der Waals surface area contributed by atoms with Gasteiger partial charge in [0.05, 0.1) is 0 Å². The highest BCUT2D eigenvalue weighted by Gasteiger charge is 2.22. The maximum absolute atomic E-state index is 12.2. The van der Waals surface area contributed by atoms with Crippen LogP contribution in [0.2, 0.25) is 0 Å². The SMILES string of the molecule is CCSc1nnc(NS(=O)(=O)c2nnc(NC(=O)CC)s2)s1. The van der Waals surface area contributed by atoms with E-state index < -0.39 is 10.0 Å². The van der Waals surface area contributed by atoms with Gasteiger partial charge in [-0.15, -0.1) is 20.4 Å². The van der Waals surface area contributed by atoms with Crippen LogP contribution < -0.4 is 10.0 Å². The van der Waals surface area contributed by atoms with Crippen LogP contribution in [0.5, 0.6) is 0 Å². The fraction of sp³-hybridized carbons (Fsp3) is 0.444. The van der Waals surface area contributed by atoms with Gasteiger partial charge < -0.3 is 5.32 Å². The number of anilines is 2. The van der Waals surface area contributed by atoms with Crippen LogP contribution in [0.25, 0.3) is 0 Å². The molecule has 0 spiro atoms. The van der Waals surface area contributed by atoms with Gasteiger partial charge in [-0.1, -0.05) is 48.3 Å². The molecular weight excluding hydrogens is 368 g/mol. The first-order chi connectivity index (χ1) is 10.4. The van der Waals surface area contributed by atoms with Crippen molar-refractivity contribution in [1.29, 1.82) is 0 Å². The molecular formula is C9H12N6O3S4. The molecule has 0 bridgehead atoms. The number of sulfonamides is 1. The van der Waals surface area contributed by atoms with Crippen molar-refractivity contribution >= 4 is 60.6 Å². The third kappa shape index (κ3) is 4.34. The molecule has 0 aliphatic rings. The maximum Gasteiger partial charge on any atom is 0.293 e. The Kier molecular flexibility index (Phi) is 5.66. The molecule has 0 aliphatic carbocycles. The van der Waals surface area contributed by atoms with Gasteiger partial charge in [-0.05, 0) is 5.75 Å². The van der Waals surface area contributed by atoms with Crippen molar-refractivity contribution in [1.82, 2.24) is 20.4 Å². The summed E-state index contributed by atoms with van der Waals surface area (Å²) in [7, 11) is -3.89. The lowest BCUT2D eigenvalue weighted by atomic mass is 10.5. The summed E-state index contributed by atoms with van der Waals surface area (Å²) in [5.41, 5.74) is 0. The minimum absolute atomic E-state index is 0.131. The number of carbonyl (C=O) groups excluding carboxylic acids is 1. The number of hydrogen-bond acceptors (Lipinski definition) is 10. The number of nitrogens with zero attached hydrogens (tertiary/aromatic N) is 4. The minimum atomic E-state index is -3.89. The van der Waals surface area contributed by atoms with E-state index in [9.17, 15) is 13.2 Å². The molecule has 0 saturated heterocycles. The van der Waals surface area contributed by atoms with Crippen LogP contribution in [0, 0.1) is 0 Å². The standard InChI is InChI=1S/C9H12N6O3S4/c1-3-5(16)10-6-11-14-9(21-6)22(17,18)15-7-12-13-8(20-7)19-4-2/h3-4H2,1-2H3,(H,12,15)(H,10,11,16). The van der Waals surface area contributed by atoms with Gasteiger partial charge in [0.1, 0.15) is 0 Å². The third-order valence-corrected chi connectivity index (χ3v) is 6.63. The number of amides is 1. The Morgan fingerprint density at radius 3 is 2.55 bits per heavy atom. The van der Waals surface area contributed by atoms with Gasteiger partial charge in [0, 0.05) is 6.42 Å². The molecule has 0 saturated carbocycles. The van der Waals surface area contributed by atoms with Crippen molar-refractivity contribution in [2.75, 3.05) is 15.8 Å². The second-order valence-corrected chi connectivity index (χ2v) is 9.01. The van der Waals surface area contributed by atoms with Gasteiger partial charge in [-0.3, -0.25) is 9.52 Å². The molecule has 0 aromatic carbocycles. The molecule has 2 aromatic rings. The molecule has 2 heterocycles. The highest BCUT2D eigenvalue weighted by molar-refractivity contribution is 8.01. The number of thioether (sulfide) groups is 1. The predicted octanol–water partition coefficient (Wildman–Crippen LogP) is 1.65. The van der Waals surface area contributed by atoms with E-state index >= 15 is 0 Å². The zero-order chi connectivity index (χ0) is 16.2. The first kappa shape index (κ1) is 17.1. The lowest BCUT2D eigenvalue weighted by Crippen LogP contribution is -2.12. The maximum atomic E-state index is 12.2. The fourth-order valence-electron chi connectivity index (χ4n) is 1.17. The first-order valence-corrected chi connectivity index (χ1v) is 10.2. The van der Waals surface area contributed by atoms with Crippen LogP contribution in [0.1, 0.15) is 20.3 Å². The highest BCUT2D eigenvalue weighted by Crippen LogP contribution is 2.28. The predicted molar refractivity (Wildman–Crippen MR) is 85.9 cm³/mol. The summed E-state index contributed by atoms with van der Waals surface area (Å²) in [5, 5.41) is 17.6. The van der Waals surface area contributed by atoms with Crippen molar-refractivity contribution in [3.8, 4) is 0 Å². The third-order valence-electron chi connectivity index (χ3n) is 2.10. The normalized spacial score (nSPS) is 11.4. The molecule has 9 nitrogen and oxygen atoms in total.